The molecule has 8 heteroatoms. The number of rotatable bonds is 7. The van der Waals surface area contributed by atoms with Crippen molar-refractivity contribution in [2.24, 2.45) is 0 Å². The predicted molar refractivity (Wildman–Crippen MR) is 117 cm³/mol. The van der Waals surface area contributed by atoms with Crippen molar-refractivity contribution in [3.05, 3.63) is 83.9 Å². The van der Waals surface area contributed by atoms with Crippen molar-refractivity contribution in [2.45, 2.75) is 5.22 Å². The molecule has 1 N–H and O–H groups in total. The number of benzene rings is 3. The van der Waals surface area contributed by atoms with Crippen molar-refractivity contribution < 1.29 is 13.9 Å². The number of nitrogens with one attached hydrogen (secondary N) is 1. The summed E-state index contributed by atoms with van der Waals surface area (Å²) >= 11 is 7.05. The minimum Gasteiger partial charge on any atom is -0.457 e. The first kappa shape index (κ1) is 20.0. The largest absolute Gasteiger partial charge is 0.457 e. The SMILES string of the molecule is O=C(CSc1nnc(-c2ccccc2)o1)Nc1ccc(Oc2ccc(Cl)cc2)cc1. The molecule has 6 nitrogen and oxygen atoms in total. The van der Waals surface area contributed by atoms with E-state index < -0.39 is 0 Å². The molecular formula is C22H16ClN3O3S. The second-order valence-corrected chi connectivity index (χ2v) is 7.52. The fraction of sp³-hybridized carbons (Fsp3) is 0.0455. The van der Waals surface area contributed by atoms with Crippen LogP contribution in [0.1, 0.15) is 0 Å². The van der Waals surface area contributed by atoms with Crippen molar-refractivity contribution in [1.29, 1.82) is 0 Å². The smallest absolute Gasteiger partial charge is 0.277 e. The summed E-state index contributed by atoms with van der Waals surface area (Å²) in [4.78, 5) is 12.2. The zero-order valence-electron chi connectivity index (χ0n) is 15.6. The number of halogens is 1. The van der Waals surface area contributed by atoms with Gasteiger partial charge in [0, 0.05) is 16.3 Å². The van der Waals surface area contributed by atoms with E-state index >= 15 is 0 Å². The van der Waals surface area contributed by atoms with Crippen LogP contribution in [0.2, 0.25) is 5.02 Å². The topological polar surface area (TPSA) is 77.2 Å². The first-order valence-electron chi connectivity index (χ1n) is 9.01. The van der Waals surface area contributed by atoms with E-state index in [2.05, 4.69) is 15.5 Å². The Labute approximate surface area is 182 Å². The van der Waals surface area contributed by atoms with Gasteiger partial charge in [-0.1, -0.05) is 41.6 Å². The summed E-state index contributed by atoms with van der Waals surface area (Å²) in [7, 11) is 0. The lowest BCUT2D eigenvalue weighted by atomic mass is 10.2. The number of aromatic nitrogens is 2. The van der Waals surface area contributed by atoms with Gasteiger partial charge in [0.05, 0.1) is 5.75 Å². The third kappa shape index (κ3) is 5.40. The normalized spacial score (nSPS) is 10.6. The molecule has 4 rings (SSSR count). The second-order valence-electron chi connectivity index (χ2n) is 6.16. The van der Waals surface area contributed by atoms with E-state index in [0.29, 0.717) is 33.3 Å². The van der Waals surface area contributed by atoms with Crippen molar-refractivity contribution in [2.75, 3.05) is 11.1 Å². The standard InChI is InChI=1S/C22H16ClN3O3S/c23-16-6-10-18(11-7-16)28-19-12-8-17(9-13-19)24-20(27)14-30-22-26-25-21(29-22)15-4-2-1-3-5-15/h1-13H,14H2,(H,24,27). The summed E-state index contributed by atoms with van der Waals surface area (Å²) in [6.45, 7) is 0. The maximum Gasteiger partial charge on any atom is 0.277 e. The van der Waals surface area contributed by atoms with Crippen LogP contribution in [0.15, 0.2) is 88.5 Å². The molecule has 0 atom stereocenters. The van der Waals surface area contributed by atoms with Crippen LogP contribution in [0, 0.1) is 0 Å². The van der Waals surface area contributed by atoms with Gasteiger partial charge >= 0.3 is 0 Å². The van der Waals surface area contributed by atoms with Crippen LogP contribution in [0.5, 0.6) is 11.5 Å². The summed E-state index contributed by atoms with van der Waals surface area (Å²) in [5.41, 5.74) is 1.50. The van der Waals surface area contributed by atoms with Crippen LogP contribution < -0.4 is 10.1 Å². The number of ether oxygens (including phenoxy) is 1. The number of hydrogen-bond donors (Lipinski definition) is 1. The highest BCUT2D eigenvalue weighted by atomic mass is 35.5. The zero-order valence-corrected chi connectivity index (χ0v) is 17.2. The van der Waals surface area contributed by atoms with Crippen molar-refractivity contribution >= 4 is 35.0 Å². The summed E-state index contributed by atoms with van der Waals surface area (Å²) in [6, 6.07) is 23.7. The van der Waals surface area contributed by atoms with Gasteiger partial charge in [0.15, 0.2) is 0 Å². The Morgan fingerprint density at radius 1 is 0.933 bits per heavy atom. The lowest BCUT2D eigenvalue weighted by Crippen LogP contribution is -2.13. The molecule has 0 fully saturated rings. The van der Waals surface area contributed by atoms with Crippen LogP contribution in [-0.4, -0.2) is 21.9 Å². The molecule has 0 unspecified atom stereocenters. The van der Waals surface area contributed by atoms with Gasteiger partial charge in [0.2, 0.25) is 11.8 Å². The molecule has 0 radical (unpaired) electrons. The molecule has 1 heterocycles. The van der Waals surface area contributed by atoms with Gasteiger partial charge in [0.1, 0.15) is 11.5 Å². The van der Waals surface area contributed by atoms with Crippen molar-refractivity contribution in [3.8, 4) is 23.0 Å². The third-order valence-electron chi connectivity index (χ3n) is 3.94. The highest BCUT2D eigenvalue weighted by Gasteiger charge is 2.11. The highest BCUT2D eigenvalue weighted by molar-refractivity contribution is 7.99. The molecule has 1 aromatic heterocycles. The molecule has 3 aromatic carbocycles. The van der Waals surface area contributed by atoms with Crippen LogP contribution >= 0.6 is 23.4 Å². The zero-order chi connectivity index (χ0) is 20.8. The molecule has 0 aliphatic carbocycles. The number of nitrogens with zero attached hydrogens (tertiary/aromatic N) is 2. The van der Waals surface area contributed by atoms with Gasteiger partial charge in [0.25, 0.3) is 5.22 Å². The van der Waals surface area contributed by atoms with Gasteiger partial charge in [-0.2, -0.15) is 0 Å². The van der Waals surface area contributed by atoms with Gasteiger partial charge < -0.3 is 14.5 Å². The molecule has 150 valence electrons. The van der Waals surface area contributed by atoms with Gasteiger partial charge in [-0.3, -0.25) is 4.79 Å². The maximum absolute atomic E-state index is 12.2. The summed E-state index contributed by atoms with van der Waals surface area (Å²) < 4.78 is 11.3. The first-order valence-corrected chi connectivity index (χ1v) is 10.4. The Balaban J connectivity index is 1.28. The van der Waals surface area contributed by atoms with E-state index in [0.717, 1.165) is 5.56 Å². The number of hydrogen-bond acceptors (Lipinski definition) is 6. The Bertz CT molecular complexity index is 1120. The molecule has 0 aliphatic heterocycles. The molecule has 30 heavy (non-hydrogen) atoms. The van der Waals surface area contributed by atoms with E-state index in [1.807, 2.05) is 30.3 Å². The quantitative estimate of drug-likeness (QED) is 0.362. The molecule has 0 bridgehead atoms. The minimum absolute atomic E-state index is 0.152. The summed E-state index contributed by atoms with van der Waals surface area (Å²) in [5.74, 6) is 1.74. The molecule has 1 amide bonds. The Morgan fingerprint density at radius 3 is 2.30 bits per heavy atom. The van der Waals surface area contributed by atoms with E-state index in [4.69, 9.17) is 20.8 Å². The Kier molecular flexibility index (Phi) is 6.32. The number of thioether (sulfide) groups is 1. The highest BCUT2D eigenvalue weighted by Crippen LogP contribution is 2.25. The van der Waals surface area contributed by atoms with Crippen LogP contribution in [0.3, 0.4) is 0 Å². The summed E-state index contributed by atoms with van der Waals surface area (Å²) in [5, 5.41) is 11.8. The lowest BCUT2D eigenvalue weighted by molar-refractivity contribution is -0.113. The molecular weight excluding hydrogens is 422 g/mol. The molecule has 0 spiro atoms. The van der Waals surface area contributed by atoms with Crippen molar-refractivity contribution in [1.82, 2.24) is 10.2 Å². The third-order valence-corrected chi connectivity index (χ3v) is 5.01. The Morgan fingerprint density at radius 2 is 1.60 bits per heavy atom. The van der Waals surface area contributed by atoms with Crippen molar-refractivity contribution in [3.63, 3.8) is 0 Å². The van der Waals surface area contributed by atoms with Crippen LogP contribution in [-0.2, 0) is 4.79 Å². The van der Waals surface area contributed by atoms with Crippen LogP contribution in [0.4, 0.5) is 5.69 Å². The van der Waals surface area contributed by atoms with Crippen LogP contribution in [0.25, 0.3) is 11.5 Å². The van der Waals surface area contributed by atoms with E-state index in [1.54, 1.807) is 48.5 Å². The molecule has 0 saturated heterocycles. The molecule has 0 saturated carbocycles. The number of carbonyl (C=O) groups excluding carboxylic acids is 1. The fourth-order valence-corrected chi connectivity index (χ4v) is 3.22. The minimum atomic E-state index is -0.175. The second kappa shape index (κ2) is 9.47. The Hall–Kier alpha value is -3.29. The number of anilines is 1. The van der Waals surface area contributed by atoms with E-state index in [-0.39, 0.29) is 11.7 Å². The van der Waals surface area contributed by atoms with Gasteiger partial charge in [-0.15, -0.1) is 10.2 Å². The monoisotopic (exact) mass is 437 g/mol. The van der Waals surface area contributed by atoms with Gasteiger partial charge in [-0.25, -0.2) is 0 Å². The molecule has 4 aromatic rings. The van der Waals surface area contributed by atoms with E-state index in [9.17, 15) is 4.79 Å². The maximum atomic E-state index is 12.2. The summed E-state index contributed by atoms with van der Waals surface area (Å²) in [6.07, 6.45) is 0. The first-order chi connectivity index (χ1) is 14.7. The fourth-order valence-electron chi connectivity index (χ4n) is 2.53. The lowest BCUT2D eigenvalue weighted by Gasteiger charge is -2.08. The average molecular weight is 438 g/mol. The number of carbonyl (C=O) groups is 1. The molecule has 0 aliphatic rings. The predicted octanol–water partition coefficient (Wildman–Crippen LogP) is 5.91. The van der Waals surface area contributed by atoms with E-state index in [1.165, 1.54) is 11.8 Å². The van der Waals surface area contributed by atoms with Gasteiger partial charge in [-0.05, 0) is 60.7 Å². The average Bonchev–Trinajstić information content (AvgIpc) is 3.25. The number of amides is 1.